The zero-order valence-corrected chi connectivity index (χ0v) is 11.4. The van der Waals surface area contributed by atoms with Gasteiger partial charge in [-0.3, -0.25) is 0 Å². The Kier molecular flexibility index (Phi) is 4.32. The first-order valence-corrected chi connectivity index (χ1v) is 6.46. The van der Waals surface area contributed by atoms with E-state index in [0.29, 0.717) is 5.95 Å². The van der Waals surface area contributed by atoms with Crippen molar-refractivity contribution in [3.63, 3.8) is 0 Å². The van der Waals surface area contributed by atoms with Gasteiger partial charge < -0.3 is 9.88 Å². The predicted molar refractivity (Wildman–Crippen MR) is 71.5 cm³/mol. The Hall–Kier alpha value is -1.98. The summed E-state index contributed by atoms with van der Waals surface area (Å²) in [5.41, 5.74) is 0.927. The molecule has 0 aliphatic rings. The molecular formula is C14H16F3N3. The Morgan fingerprint density at radius 1 is 1.20 bits per heavy atom. The third-order valence-electron chi connectivity index (χ3n) is 2.89. The van der Waals surface area contributed by atoms with Gasteiger partial charge in [0.25, 0.3) is 0 Å². The number of imidazole rings is 1. The summed E-state index contributed by atoms with van der Waals surface area (Å²) in [6.07, 6.45) is 3.85. The highest BCUT2D eigenvalue weighted by atomic mass is 19.2. The average Bonchev–Trinajstić information content (AvgIpc) is 2.73. The quantitative estimate of drug-likeness (QED) is 0.835. The maximum atomic E-state index is 13.2. The maximum Gasteiger partial charge on any atom is 0.207 e. The van der Waals surface area contributed by atoms with Crippen LogP contribution in [-0.2, 0) is 6.54 Å². The van der Waals surface area contributed by atoms with Crippen LogP contribution in [0.1, 0.15) is 25.5 Å². The van der Waals surface area contributed by atoms with Crippen molar-refractivity contribution in [1.29, 1.82) is 0 Å². The number of rotatable bonds is 5. The van der Waals surface area contributed by atoms with E-state index in [4.69, 9.17) is 0 Å². The van der Waals surface area contributed by atoms with Crippen LogP contribution in [0.2, 0.25) is 0 Å². The van der Waals surface area contributed by atoms with Gasteiger partial charge in [-0.2, -0.15) is 0 Å². The molecule has 1 heterocycles. The van der Waals surface area contributed by atoms with E-state index in [9.17, 15) is 13.2 Å². The molecule has 0 saturated heterocycles. The van der Waals surface area contributed by atoms with Gasteiger partial charge in [0, 0.05) is 30.6 Å². The molecule has 0 bridgehead atoms. The number of unbranched alkanes of at least 4 members (excludes halogenated alkanes) is 1. The van der Waals surface area contributed by atoms with Gasteiger partial charge in [0.1, 0.15) is 0 Å². The van der Waals surface area contributed by atoms with Crippen LogP contribution in [0.3, 0.4) is 0 Å². The molecule has 0 saturated carbocycles. The summed E-state index contributed by atoms with van der Waals surface area (Å²) in [7, 11) is 0. The third kappa shape index (κ3) is 3.12. The number of halogens is 3. The highest BCUT2D eigenvalue weighted by Gasteiger charge is 2.12. The molecule has 0 fully saturated rings. The van der Waals surface area contributed by atoms with Gasteiger partial charge in [-0.1, -0.05) is 13.3 Å². The van der Waals surface area contributed by atoms with Crippen molar-refractivity contribution in [2.24, 2.45) is 0 Å². The first kappa shape index (κ1) is 14.4. The zero-order valence-electron chi connectivity index (χ0n) is 11.4. The second-order valence-electron chi connectivity index (χ2n) is 4.63. The van der Waals surface area contributed by atoms with Gasteiger partial charge >= 0.3 is 0 Å². The molecule has 20 heavy (non-hydrogen) atoms. The highest BCUT2D eigenvalue weighted by molar-refractivity contribution is 5.54. The van der Waals surface area contributed by atoms with E-state index in [0.717, 1.165) is 37.2 Å². The summed E-state index contributed by atoms with van der Waals surface area (Å²) in [5, 5.41) is 2.82. The van der Waals surface area contributed by atoms with Crippen molar-refractivity contribution in [2.45, 2.75) is 33.2 Å². The summed E-state index contributed by atoms with van der Waals surface area (Å²) in [4.78, 5) is 4.25. The van der Waals surface area contributed by atoms with Crippen LogP contribution in [0, 0.1) is 24.4 Å². The van der Waals surface area contributed by atoms with Crippen LogP contribution in [0.25, 0.3) is 0 Å². The lowest BCUT2D eigenvalue weighted by atomic mass is 10.3. The van der Waals surface area contributed by atoms with Gasteiger partial charge in [-0.15, -0.1) is 0 Å². The van der Waals surface area contributed by atoms with E-state index < -0.39 is 17.5 Å². The molecule has 0 atom stereocenters. The molecule has 0 radical (unpaired) electrons. The van der Waals surface area contributed by atoms with Crippen LogP contribution >= 0.6 is 0 Å². The number of hydrogen-bond acceptors (Lipinski definition) is 2. The number of hydrogen-bond donors (Lipinski definition) is 1. The largest absolute Gasteiger partial charge is 0.325 e. The van der Waals surface area contributed by atoms with Crippen molar-refractivity contribution in [2.75, 3.05) is 5.32 Å². The van der Waals surface area contributed by atoms with Crippen molar-refractivity contribution in [1.82, 2.24) is 9.55 Å². The predicted octanol–water partition coefficient (Wildman–Crippen LogP) is 4.15. The zero-order chi connectivity index (χ0) is 14.7. The fourth-order valence-corrected chi connectivity index (χ4v) is 1.90. The molecule has 6 heteroatoms. The molecule has 2 rings (SSSR count). The van der Waals surface area contributed by atoms with Gasteiger partial charge in [0.15, 0.2) is 17.5 Å². The monoisotopic (exact) mass is 283 g/mol. The summed E-state index contributed by atoms with van der Waals surface area (Å²) in [6.45, 7) is 4.66. The standard InChI is InChI=1S/C14H16F3N3/c1-3-4-5-20-8-9(2)18-14(20)19-10-6-11(15)13(17)12(16)7-10/h6-8H,3-5H2,1-2H3,(H,18,19). The number of anilines is 2. The van der Waals surface area contributed by atoms with Crippen LogP contribution in [0.4, 0.5) is 24.8 Å². The Bertz CT molecular complexity index is 585. The van der Waals surface area contributed by atoms with Crippen molar-refractivity contribution < 1.29 is 13.2 Å². The number of nitrogens with zero attached hydrogens (tertiary/aromatic N) is 2. The maximum absolute atomic E-state index is 13.2. The molecule has 2 aromatic rings. The minimum Gasteiger partial charge on any atom is -0.325 e. The van der Waals surface area contributed by atoms with E-state index in [1.807, 2.05) is 17.7 Å². The Balaban J connectivity index is 2.25. The summed E-state index contributed by atoms with van der Waals surface area (Å²) >= 11 is 0. The first-order chi connectivity index (χ1) is 9.51. The highest BCUT2D eigenvalue weighted by Crippen LogP contribution is 2.21. The fourth-order valence-electron chi connectivity index (χ4n) is 1.90. The van der Waals surface area contributed by atoms with Crippen LogP contribution in [0.5, 0.6) is 0 Å². The first-order valence-electron chi connectivity index (χ1n) is 6.46. The lowest BCUT2D eigenvalue weighted by molar-refractivity contribution is 0.448. The van der Waals surface area contributed by atoms with Gasteiger partial charge in [0.2, 0.25) is 5.95 Å². The van der Waals surface area contributed by atoms with E-state index in [1.165, 1.54) is 0 Å². The molecular weight excluding hydrogens is 267 g/mol. The minimum absolute atomic E-state index is 0.129. The smallest absolute Gasteiger partial charge is 0.207 e. The van der Waals surface area contributed by atoms with Crippen molar-refractivity contribution in [3.8, 4) is 0 Å². The molecule has 0 aliphatic heterocycles. The van der Waals surface area contributed by atoms with E-state index >= 15 is 0 Å². The SMILES string of the molecule is CCCCn1cc(C)nc1Nc1cc(F)c(F)c(F)c1. The molecule has 1 aromatic carbocycles. The molecule has 3 nitrogen and oxygen atoms in total. The number of aromatic nitrogens is 2. The van der Waals surface area contributed by atoms with Gasteiger partial charge in [-0.05, 0) is 13.3 Å². The van der Waals surface area contributed by atoms with Gasteiger partial charge in [-0.25, -0.2) is 18.2 Å². The summed E-state index contributed by atoms with van der Waals surface area (Å²) in [6, 6.07) is 1.82. The van der Waals surface area contributed by atoms with Crippen molar-refractivity contribution in [3.05, 3.63) is 41.5 Å². The van der Waals surface area contributed by atoms with Gasteiger partial charge in [0.05, 0.1) is 5.69 Å². The van der Waals surface area contributed by atoms with E-state index in [-0.39, 0.29) is 5.69 Å². The molecule has 0 unspecified atom stereocenters. The van der Waals surface area contributed by atoms with Crippen molar-refractivity contribution >= 4 is 11.6 Å². The second-order valence-corrected chi connectivity index (χ2v) is 4.63. The summed E-state index contributed by atoms with van der Waals surface area (Å²) < 4.78 is 41.1. The molecule has 0 spiro atoms. The third-order valence-corrected chi connectivity index (χ3v) is 2.89. The minimum atomic E-state index is -1.47. The topological polar surface area (TPSA) is 29.9 Å². The number of aryl methyl sites for hydroxylation is 2. The second kappa shape index (κ2) is 5.98. The lowest BCUT2D eigenvalue weighted by Gasteiger charge is -2.09. The van der Waals surface area contributed by atoms with E-state index in [2.05, 4.69) is 17.2 Å². The normalized spacial score (nSPS) is 10.8. The molecule has 1 aromatic heterocycles. The fraction of sp³-hybridized carbons (Fsp3) is 0.357. The number of nitrogens with one attached hydrogen (secondary N) is 1. The van der Waals surface area contributed by atoms with E-state index in [1.54, 1.807) is 0 Å². The molecule has 0 amide bonds. The average molecular weight is 283 g/mol. The van der Waals surface area contributed by atoms with Crippen LogP contribution in [0.15, 0.2) is 18.3 Å². The lowest BCUT2D eigenvalue weighted by Crippen LogP contribution is -2.04. The Morgan fingerprint density at radius 2 is 1.85 bits per heavy atom. The number of benzene rings is 1. The Labute approximate surface area is 115 Å². The molecule has 1 N–H and O–H groups in total. The van der Waals surface area contributed by atoms with Crippen LogP contribution < -0.4 is 5.32 Å². The summed E-state index contributed by atoms with van der Waals surface area (Å²) in [5.74, 6) is -3.44. The van der Waals surface area contributed by atoms with Crippen LogP contribution in [-0.4, -0.2) is 9.55 Å². The Morgan fingerprint density at radius 3 is 2.45 bits per heavy atom. The molecule has 108 valence electrons. The molecule has 0 aliphatic carbocycles.